The van der Waals surface area contributed by atoms with E-state index in [0.717, 1.165) is 0 Å². The summed E-state index contributed by atoms with van der Waals surface area (Å²) in [6.45, 7) is 0.0377. The predicted octanol–water partition coefficient (Wildman–Crippen LogP) is 1.77. The summed E-state index contributed by atoms with van der Waals surface area (Å²) in [6.07, 6.45) is 0. The Bertz CT molecular complexity index is 375. The van der Waals surface area contributed by atoms with Gasteiger partial charge in [-0.1, -0.05) is 11.6 Å². The van der Waals surface area contributed by atoms with E-state index in [0.29, 0.717) is 5.75 Å². The second kappa shape index (κ2) is 2.81. The maximum absolute atomic E-state index is 10.8. The smallest absolute Gasteiger partial charge is 0.341 e. The highest BCUT2D eigenvalue weighted by Crippen LogP contribution is 2.39. The van der Waals surface area contributed by atoms with Crippen molar-refractivity contribution in [3.8, 4) is 11.5 Å². The predicted molar refractivity (Wildman–Crippen MR) is 44.5 cm³/mol. The highest BCUT2D eigenvalue weighted by atomic mass is 35.5. The first kappa shape index (κ1) is 8.19. The van der Waals surface area contributed by atoms with Crippen LogP contribution < -0.4 is 9.47 Å². The lowest BCUT2D eigenvalue weighted by Gasteiger charge is -2.02. The number of rotatable bonds is 1. The maximum Gasteiger partial charge on any atom is 0.341 e. The topological polar surface area (TPSA) is 55.8 Å². The van der Waals surface area contributed by atoms with Gasteiger partial charge in [0, 0.05) is 0 Å². The molecule has 0 amide bonds. The number of halogens is 1. The van der Waals surface area contributed by atoms with Gasteiger partial charge in [0.25, 0.3) is 0 Å². The molecule has 0 radical (unpaired) electrons. The van der Waals surface area contributed by atoms with E-state index in [-0.39, 0.29) is 23.1 Å². The van der Waals surface area contributed by atoms with Crippen LogP contribution in [0.25, 0.3) is 0 Å². The highest BCUT2D eigenvalue weighted by molar-refractivity contribution is 6.34. The Labute approximate surface area is 78.6 Å². The summed E-state index contributed by atoms with van der Waals surface area (Å²) < 4.78 is 9.98. The summed E-state index contributed by atoms with van der Waals surface area (Å²) >= 11 is 5.69. The number of fused-ring (bicyclic) bond motifs is 1. The minimum absolute atomic E-state index is 0.0377. The van der Waals surface area contributed by atoms with E-state index in [1.807, 2.05) is 0 Å². The number of hydrogen-bond acceptors (Lipinski definition) is 3. The van der Waals surface area contributed by atoms with Crippen molar-refractivity contribution in [3.05, 3.63) is 22.7 Å². The van der Waals surface area contributed by atoms with E-state index < -0.39 is 5.97 Å². The lowest BCUT2D eigenvalue weighted by Crippen LogP contribution is -2.00. The molecule has 4 nitrogen and oxygen atoms in total. The Kier molecular flexibility index (Phi) is 1.77. The summed E-state index contributed by atoms with van der Waals surface area (Å²) in [5, 5.41) is 8.96. The van der Waals surface area contributed by atoms with Crippen LogP contribution in [0.4, 0.5) is 0 Å². The number of hydrogen-bond donors (Lipinski definition) is 1. The van der Waals surface area contributed by atoms with E-state index >= 15 is 0 Å². The molecule has 1 aromatic carbocycles. The average molecular weight is 201 g/mol. The van der Waals surface area contributed by atoms with E-state index in [9.17, 15) is 4.79 Å². The fourth-order valence-corrected chi connectivity index (χ4v) is 1.38. The van der Waals surface area contributed by atoms with E-state index in [2.05, 4.69) is 0 Å². The largest absolute Gasteiger partial charge is 0.477 e. The number of benzene rings is 1. The fraction of sp³-hybridized carbons (Fsp3) is 0.125. The van der Waals surface area contributed by atoms with Gasteiger partial charge in [-0.3, -0.25) is 0 Å². The molecule has 5 heteroatoms. The lowest BCUT2D eigenvalue weighted by molar-refractivity contribution is 0.0692. The summed E-state index contributed by atoms with van der Waals surface area (Å²) in [5.74, 6) is -0.492. The zero-order chi connectivity index (χ0) is 9.42. The monoisotopic (exact) mass is 200 g/mol. The van der Waals surface area contributed by atoms with Crippen LogP contribution in [0.15, 0.2) is 12.1 Å². The van der Waals surface area contributed by atoms with Crippen LogP contribution in [0.5, 0.6) is 11.5 Å². The molecule has 0 aromatic heterocycles. The number of carbonyl (C=O) groups is 1. The molecule has 1 aliphatic rings. The second-order valence-electron chi connectivity index (χ2n) is 2.46. The standard InChI is InChI=1S/C8H5ClO4/c9-4-1-2-5-7(13-3-12-5)6(4)8(10)11/h1-2H,3H2,(H,10,11). The van der Waals surface area contributed by atoms with Crippen molar-refractivity contribution in [3.63, 3.8) is 0 Å². The first-order chi connectivity index (χ1) is 6.20. The summed E-state index contributed by atoms with van der Waals surface area (Å²) in [4.78, 5) is 10.8. The Morgan fingerprint density at radius 1 is 1.46 bits per heavy atom. The fourth-order valence-electron chi connectivity index (χ4n) is 1.15. The van der Waals surface area contributed by atoms with Gasteiger partial charge < -0.3 is 14.6 Å². The van der Waals surface area contributed by atoms with Gasteiger partial charge in [-0.05, 0) is 12.1 Å². The third-order valence-corrected chi connectivity index (χ3v) is 2.02. The van der Waals surface area contributed by atoms with Crippen molar-refractivity contribution in [2.75, 3.05) is 6.79 Å². The Hall–Kier alpha value is -1.42. The molecule has 2 rings (SSSR count). The zero-order valence-electron chi connectivity index (χ0n) is 6.41. The van der Waals surface area contributed by atoms with Crippen molar-refractivity contribution < 1.29 is 19.4 Å². The minimum Gasteiger partial charge on any atom is -0.477 e. The number of carboxylic acid groups (broad SMARTS) is 1. The van der Waals surface area contributed by atoms with Gasteiger partial charge >= 0.3 is 5.97 Å². The van der Waals surface area contributed by atoms with Crippen LogP contribution in [0, 0.1) is 0 Å². The molecule has 1 aliphatic heterocycles. The molecule has 0 saturated heterocycles. The first-order valence-corrected chi connectivity index (χ1v) is 3.89. The van der Waals surface area contributed by atoms with Gasteiger partial charge in [-0.2, -0.15) is 0 Å². The van der Waals surface area contributed by atoms with Crippen molar-refractivity contribution in [2.45, 2.75) is 0 Å². The van der Waals surface area contributed by atoms with E-state index in [1.54, 1.807) is 6.07 Å². The normalized spacial score (nSPS) is 13.0. The molecule has 0 saturated carbocycles. The van der Waals surface area contributed by atoms with Gasteiger partial charge in [0.15, 0.2) is 11.5 Å². The summed E-state index contributed by atoms with van der Waals surface area (Å²) in [5.41, 5.74) is -0.0448. The Morgan fingerprint density at radius 2 is 2.23 bits per heavy atom. The third kappa shape index (κ3) is 1.19. The maximum atomic E-state index is 10.8. The molecule has 0 bridgehead atoms. The van der Waals surface area contributed by atoms with Gasteiger partial charge in [0.05, 0.1) is 5.02 Å². The zero-order valence-corrected chi connectivity index (χ0v) is 7.17. The molecule has 0 unspecified atom stereocenters. The second-order valence-corrected chi connectivity index (χ2v) is 2.87. The van der Waals surface area contributed by atoms with Gasteiger partial charge in [0.1, 0.15) is 5.56 Å². The van der Waals surface area contributed by atoms with Crippen LogP contribution in [0.3, 0.4) is 0 Å². The Morgan fingerprint density at radius 3 is 2.92 bits per heavy atom. The number of aromatic carboxylic acids is 1. The SMILES string of the molecule is O=C(O)c1c(Cl)ccc2c1OCO2. The molecule has 1 aromatic rings. The third-order valence-electron chi connectivity index (χ3n) is 1.70. The van der Waals surface area contributed by atoms with Gasteiger partial charge in [-0.15, -0.1) is 0 Å². The van der Waals surface area contributed by atoms with E-state index in [4.69, 9.17) is 26.2 Å². The first-order valence-electron chi connectivity index (χ1n) is 3.51. The van der Waals surface area contributed by atoms with Crippen LogP contribution >= 0.6 is 11.6 Å². The summed E-state index contributed by atoms with van der Waals surface area (Å²) in [6, 6.07) is 3.05. The quantitative estimate of drug-likeness (QED) is 0.751. The minimum atomic E-state index is -1.12. The molecule has 0 aliphatic carbocycles. The van der Waals surface area contributed by atoms with Gasteiger partial charge in [0.2, 0.25) is 6.79 Å². The van der Waals surface area contributed by atoms with Crippen molar-refractivity contribution >= 4 is 17.6 Å². The average Bonchev–Trinajstić information content (AvgIpc) is 2.50. The van der Waals surface area contributed by atoms with Crippen molar-refractivity contribution in [1.82, 2.24) is 0 Å². The molecule has 0 fully saturated rings. The van der Waals surface area contributed by atoms with E-state index in [1.165, 1.54) is 6.07 Å². The Balaban J connectivity index is 2.65. The lowest BCUT2D eigenvalue weighted by atomic mass is 10.2. The highest BCUT2D eigenvalue weighted by Gasteiger charge is 2.24. The molecule has 0 spiro atoms. The molecular formula is C8H5ClO4. The van der Waals surface area contributed by atoms with Crippen LogP contribution in [0.1, 0.15) is 10.4 Å². The molecule has 0 atom stereocenters. The van der Waals surface area contributed by atoms with Crippen molar-refractivity contribution in [1.29, 1.82) is 0 Å². The van der Waals surface area contributed by atoms with Crippen molar-refractivity contribution in [2.24, 2.45) is 0 Å². The summed E-state index contributed by atoms with van der Waals surface area (Å²) in [7, 11) is 0. The van der Waals surface area contributed by atoms with Crippen LogP contribution in [-0.2, 0) is 0 Å². The van der Waals surface area contributed by atoms with Crippen LogP contribution in [0.2, 0.25) is 5.02 Å². The van der Waals surface area contributed by atoms with Crippen LogP contribution in [-0.4, -0.2) is 17.9 Å². The molecule has 1 heterocycles. The number of ether oxygens (including phenoxy) is 2. The molecule has 1 N–H and O–H groups in total. The van der Waals surface area contributed by atoms with Gasteiger partial charge in [-0.25, -0.2) is 4.79 Å². The number of carboxylic acids is 1. The molecule has 68 valence electrons. The molecular weight excluding hydrogens is 196 g/mol. The molecule has 13 heavy (non-hydrogen) atoms.